The summed E-state index contributed by atoms with van der Waals surface area (Å²) in [4.78, 5) is 12.1. The quantitative estimate of drug-likeness (QED) is 0.889. The van der Waals surface area contributed by atoms with Gasteiger partial charge < -0.3 is 10.1 Å². The van der Waals surface area contributed by atoms with Crippen LogP contribution >= 0.6 is 0 Å². The molecule has 0 unspecified atom stereocenters. The van der Waals surface area contributed by atoms with E-state index in [9.17, 15) is 9.18 Å². The van der Waals surface area contributed by atoms with E-state index >= 15 is 0 Å². The van der Waals surface area contributed by atoms with Crippen LogP contribution in [0.3, 0.4) is 0 Å². The topological polar surface area (TPSA) is 38.3 Å². The fourth-order valence-corrected chi connectivity index (χ4v) is 2.81. The molecule has 0 spiro atoms. The highest BCUT2D eigenvalue weighted by molar-refractivity contribution is 5.78. The molecular formula is C19H20FNO2. The first-order chi connectivity index (χ1) is 11.1. The van der Waals surface area contributed by atoms with Crippen molar-refractivity contribution in [2.75, 3.05) is 13.7 Å². The molecule has 2 aromatic carbocycles. The first-order valence-corrected chi connectivity index (χ1v) is 7.78. The lowest BCUT2D eigenvalue weighted by Crippen LogP contribution is -2.33. The Morgan fingerprint density at radius 1 is 1.17 bits per heavy atom. The molecule has 1 amide bonds. The normalized spacial score (nSPS) is 15.0. The second kappa shape index (κ2) is 6.41. The van der Waals surface area contributed by atoms with Crippen molar-refractivity contribution >= 4 is 5.91 Å². The molecule has 0 radical (unpaired) electrons. The summed E-state index contributed by atoms with van der Waals surface area (Å²) in [5, 5.41) is 2.95. The maximum absolute atomic E-state index is 13.6. The van der Waals surface area contributed by atoms with E-state index in [1.165, 1.54) is 11.6 Å². The lowest BCUT2D eigenvalue weighted by Gasteiger charge is -2.17. The fourth-order valence-electron chi connectivity index (χ4n) is 2.81. The zero-order chi connectivity index (χ0) is 16.3. The van der Waals surface area contributed by atoms with E-state index < -0.39 is 0 Å². The second-order valence-electron chi connectivity index (χ2n) is 6.05. The summed E-state index contributed by atoms with van der Waals surface area (Å²) >= 11 is 0. The summed E-state index contributed by atoms with van der Waals surface area (Å²) in [5.74, 6) is 0.349. The Labute approximate surface area is 135 Å². The minimum Gasteiger partial charge on any atom is -0.497 e. The van der Waals surface area contributed by atoms with Crippen LogP contribution in [0.1, 0.15) is 24.0 Å². The van der Waals surface area contributed by atoms with Gasteiger partial charge in [0.25, 0.3) is 0 Å². The van der Waals surface area contributed by atoms with Crippen molar-refractivity contribution in [2.24, 2.45) is 0 Å². The molecule has 0 heterocycles. The minimum absolute atomic E-state index is 0.0250. The Bertz CT molecular complexity index is 693. The van der Waals surface area contributed by atoms with Gasteiger partial charge in [-0.25, -0.2) is 4.39 Å². The SMILES string of the molecule is COc1ccc(C2(CNC(=O)Cc3ccccc3F)CC2)cc1. The molecule has 0 bridgehead atoms. The Kier molecular flexibility index (Phi) is 4.33. The van der Waals surface area contributed by atoms with Crippen LogP contribution in [-0.4, -0.2) is 19.6 Å². The Balaban J connectivity index is 1.59. The number of benzene rings is 2. The van der Waals surface area contributed by atoms with E-state index in [4.69, 9.17) is 4.74 Å². The van der Waals surface area contributed by atoms with E-state index in [-0.39, 0.29) is 23.6 Å². The van der Waals surface area contributed by atoms with Crippen molar-refractivity contribution in [1.29, 1.82) is 0 Å². The summed E-state index contributed by atoms with van der Waals surface area (Å²) in [6.07, 6.45) is 2.18. The lowest BCUT2D eigenvalue weighted by atomic mass is 9.95. The largest absolute Gasteiger partial charge is 0.497 e. The number of nitrogens with one attached hydrogen (secondary N) is 1. The Morgan fingerprint density at radius 2 is 1.87 bits per heavy atom. The zero-order valence-corrected chi connectivity index (χ0v) is 13.1. The molecule has 0 atom stereocenters. The highest BCUT2D eigenvalue weighted by Gasteiger charge is 2.44. The molecular weight excluding hydrogens is 293 g/mol. The smallest absolute Gasteiger partial charge is 0.224 e. The molecule has 4 heteroatoms. The maximum atomic E-state index is 13.6. The van der Waals surface area contributed by atoms with Gasteiger partial charge in [-0.05, 0) is 42.2 Å². The van der Waals surface area contributed by atoms with Crippen molar-refractivity contribution in [3.8, 4) is 5.75 Å². The minimum atomic E-state index is -0.334. The monoisotopic (exact) mass is 313 g/mol. The van der Waals surface area contributed by atoms with Crippen molar-refractivity contribution < 1.29 is 13.9 Å². The zero-order valence-electron chi connectivity index (χ0n) is 13.1. The Hall–Kier alpha value is -2.36. The number of rotatable bonds is 6. The standard InChI is InChI=1S/C19H20FNO2/c1-23-16-8-6-15(7-9-16)19(10-11-19)13-21-18(22)12-14-4-2-3-5-17(14)20/h2-9H,10-13H2,1H3,(H,21,22). The average Bonchev–Trinajstić information content (AvgIpc) is 3.36. The molecule has 23 heavy (non-hydrogen) atoms. The van der Waals surface area contributed by atoms with Crippen molar-refractivity contribution in [3.63, 3.8) is 0 Å². The predicted molar refractivity (Wildman–Crippen MR) is 87.0 cm³/mol. The summed E-state index contributed by atoms with van der Waals surface area (Å²) in [5.41, 5.74) is 1.67. The van der Waals surface area contributed by atoms with Gasteiger partial charge in [0.1, 0.15) is 11.6 Å². The third kappa shape index (κ3) is 3.52. The maximum Gasteiger partial charge on any atom is 0.224 e. The van der Waals surface area contributed by atoms with Gasteiger partial charge in [0.05, 0.1) is 13.5 Å². The van der Waals surface area contributed by atoms with Gasteiger partial charge in [-0.2, -0.15) is 0 Å². The lowest BCUT2D eigenvalue weighted by molar-refractivity contribution is -0.120. The number of ether oxygens (including phenoxy) is 1. The van der Waals surface area contributed by atoms with E-state index in [1.807, 2.05) is 12.1 Å². The first-order valence-electron chi connectivity index (χ1n) is 7.78. The number of hydrogen-bond acceptors (Lipinski definition) is 2. The van der Waals surface area contributed by atoms with Crippen LogP contribution in [0.5, 0.6) is 5.75 Å². The van der Waals surface area contributed by atoms with Crippen molar-refractivity contribution in [1.82, 2.24) is 5.32 Å². The number of halogens is 1. The van der Waals surface area contributed by atoms with E-state index in [1.54, 1.807) is 25.3 Å². The van der Waals surface area contributed by atoms with Crippen LogP contribution in [0.4, 0.5) is 4.39 Å². The number of methoxy groups -OCH3 is 1. The first kappa shape index (κ1) is 15.5. The molecule has 2 aromatic rings. The number of carbonyl (C=O) groups excluding carboxylic acids is 1. The summed E-state index contributed by atoms with van der Waals surface area (Å²) in [6.45, 7) is 0.590. The summed E-state index contributed by atoms with van der Waals surface area (Å²) < 4.78 is 18.8. The van der Waals surface area contributed by atoms with Gasteiger partial charge in [-0.1, -0.05) is 30.3 Å². The molecule has 0 aliphatic heterocycles. The number of amides is 1. The third-order valence-electron chi connectivity index (χ3n) is 4.49. The van der Waals surface area contributed by atoms with Crippen molar-refractivity contribution in [3.05, 3.63) is 65.5 Å². The number of carbonyl (C=O) groups is 1. The highest BCUT2D eigenvalue weighted by Crippen LogP contribution is 2.47. The molecule has 1 N–H and O–H groups in total. The predicted octanol–water partition coefficient (Wildman–Crippen LogP) is 3.22. The molecule has 0 aromatic heterocycles. The average molecular weight is 313 g/mol. The van der Waals surface area contributed by atoms with Crippen LogP contribution in [0.15, 0.2) is 48.5 Å². The van der Waals surface area contributed by atoms with Crippen molar-refractivity contribution in [2.45, 2.75) is 24.7 Å². The summed E-state index contributed by atoms with van der Waals surface area (Å²) in [7, 11) is 1.64. The fraction of sp³-hybridized carbons (Fsp3) is 0.316. The van der Waals surface area contributed by atoms with Crippen LogP contribution < -0.4 is 10.1 Å². The van der Waals surface area contributed by atoms with Crippen LogP contribution in [-0.2, 0) is 16.6 Å². The molecule has 0 saturated heterocycles. The van der Waals surface area contributed by atoms with Gasteiger partial charge in [-0.15, -0.1) is 0 Å². The van der Waals surface area contributed by atoms with E-state index in [0.29, 0.717) is 12.1 Å². The van der Waals surface area contributed by atoms with Gasteiger partial charge in [-0.3, -0.25) is 4.79 Å². The Morgan fingerprint density at radius 3 is 2.48 bits per heavy atom. The van der Waals surface area contributed by atoms with E-state index in [2.05, 4.69) is 17.4 Å². The molecule has 1 aliphatic rings. The highest BCUT2D eigenvalue weighted by atomic mass is 19.1. The molecule has 1 fully saturated rings. The third-order valence-corrected chi connectivity index (χ3v) is 4.49. The van der Waals surface area contributed by atoms with Gasteiger partial charge >= 0.3 is 0 Å². The molecule has 3 rings (SSSR count). The van der Waals surface area contributed by atoms with Crippen LogP contribution in [0.25, 0.3) is 0 Å². The van der Waals surface area contributed by atoms with Gasteiger partial charge in [0.2, 0.25) is 5.91 Å². The van der Waals surface area contributed by atoms with Crippen LogP contribution in [0.2, 0.25) is 0 Å². The molecule has 120 valence electrons. The van der Waals surface area contributed by atoms with Crippen LogP contribution in [0, 0.1) is 5.82 Å². The van der Waals surface area contributed by atoms with Gasteiger partial charge in [0.15, 0.2) is 0 Å². The molecule has 1 aliphatic carbocycles. The summed E-state index contributed by atoms with van der Waals surface area (Å²) in [6, 6.07) is 14.4. The molecule has 1 saturated carbocycles. The second-order valence-corrected chi connectivity index (χ2v) is 6.05. The number of hydrogen-bond donors (Lipinski definition) is 1. The molecule has 3 nitrogen and oxygen atoms in total. The van der Waals surface area contributed by atoms with E-state index in [0.717, 1.165) is 18.6 Å². The van der Waals surface area contributed by atoms with Gasteiger partial charge in [0, 0.05) is 12.0 Å².